The van der Waals surface area contributed by atoms with Crippen molar-refractivity contribution in [2.24, 2.45) is 0 Å². The van der Waals surface area contributed by atoms with E-state index in [4.69, 9.17) is 34.2 Å². The average Bonchev–Trinajstić information content (AvgIpc) is 4.33. The summed E-state index contributed by atoms with van der Waals surface area (Å²) in [6.07, 6.45) is -4.17. The summed E-state index contributed by atoms with van der Waals surface area (Å²) in [6.45, 7) is 12.2. The number of carbonyl (C=O) groups is 1. The number of ether oxygens (including phenoxy) is 6. The van der Waals surface area contributed by atoms with E-state index in [0.717, 1.165) is 49.5 Å². The van der Waals surface area contributed by atoms with Gasteiger partial charge in [-0.05, 0) is 76.9 Å². The van der Waals surface area contributed by atoms with Gasteiger partial charge in [0.25, 0.3) is 0 Å². The summed E-state index contributed by atoms with van der Waals surface area (Å²) >= 11 is 0. The maximum Gasteiger partial charge on any atom is 0.416 e. The monoisotopic (exact) mass is 1090 g/mol. The Morgan fingerprint density at radius 2 is 1.26 bits per heavy atom. The van der Waals surface area contributed by atoms with E-state index < -0.39 is 41.1 Å². The molecule has 6 aliphatic rings. The van der Waals surface area contributed by atoms with Crippen molar-refractivity contribution in [2.45, 2.75) is 88.8 Å². The summed E-state index contributed by atoms with van der Waals surface area (Å²) in [6, 6.07) is 20.0. The van der Waals surface area contributed by atoms with Crippen molar-refractivity contribution in [3.05, 3.63) is 108 Å². The number of alkyl halides is 6. The molecule has 0 radical (unpaired) electrons. The van der Waals surface area contributed by atoms with Gasteiger partial charge >= 0.3 is 18.4 Å². The van der Waals surface area contributed by atoms with Crippen LogP contribution in [-0.4, -0.2) is 124 Å². The number of halogens is 6. The molecule has 2 aromatic carbocycles. The van der Waals surface area contributed by atoms with Crippen LogP contribution in [-0.2, 0) is 31.3 Å². The van der Waals surface area contributed by atoms with Gasteiger partial charge in [-0.2, -0.15) is 36.3 Å². The second-order valence-electron chi connectivity index (χ2n) is 20.0. The van der Waals surface area contributed by atoms with Gasteiger partial charge in [-0.1, -0.05) is 36.4 Å². The molecular formula is C53H56F6N12O7. The SMILES string of the molecule is CC1(C)OC[C@H](COc2cccc(N)n2)O1.CC1(C)OC[C@H](COc2cccc(NC(=O)N3c4nc(-c5cccc(C(F)(F)F)c5)ncc4N4CC[C@H]3C4)n2)O1.FC(F)(F)c1cccc(-c2ncc3c(n2)N[C@H]2CCN3C2)c1. The van der Waals surface area contributed by atoms with Crippen LogP contribution in [0.5, 0.6) is 11.8 Å². The van der Waals surface area contributed by atoms with E-state index in [0.29, 0.717) is 91.7 Å². The van der Waals surface area contributed by atoms with Crippen LogP contribution in [0.2, 0.25) is 0 Å². The van der Waals surface area contributed by atoms with E-state index in [1.807, 2.05) is 27.7 Å². The molecule has 4 atom stereocenters. The fourth-order valence-corrected chi connectivity index (χ4v) is 9.62. The van der Waals surface area contributed by atoms with Crippen LogP contribution < -0.4 is 40.5 Å². The van der Waals surface area contributed by atoms with Gasteiger partial charge in [-0.3, -0.25) is 10.2 Å². The zero-order valence-electron chi connectivity index (χ0n) is 42.8. The number of anilines is 6. The van der Waals surface area contributed by atoms with Crippen molar-refractivity contribution >= 4 is 40.7 Å². The minimum Gasteiger partial charge on any atom is -0.475 e. The topological polar surface area (TPSA) is 210 Å². The largest absolute Gasteiger partial charge is 0.475 e. The Kier molecular flexibility index (Phi) is 14.9. The number of nitrogen functional groups attached to an aromatic ring is 1. The molecule has 4 bridgehead atoms. The lowest BCUT2D eigenvalue weighted by molar-refractivity contribution is -0.142. The molecule has 4 N–H and O–H groups in total. The molecule has 12 rings (SSSR count). The number of nitrogens with one attached hydrogen (secondary N) is 2. The predicted molar refractivity (Wildman–Crippen MR) is 275 cm³/mol. The third-order valence-electron chi connectivity index (χ3n) is 13.3. The van der Waals surface area contributed by atoms with Crippen molar-refractivity contribution in [2.75, 3.05) is 83.7 Å². The highest BCUT2D eigenvalue weighted by molar-refractivity contribution is 6.04. The van der Waals surface area contributed by atoms with E-state index in [2.05, 4.69) is 50.3 Å². The fourth-order valence-electron chi connectivity index (χ4n) is 9.62. The third kappa shape index (κ3) is 12.7. The number of pyridine rings is 2. The van der Waals surface area contributed by atoms with E-state index in [1.165, 1.54) is 18.2 Å². The Morgan fingerprint density at radius 3 is 1.85 bits per heavy atom. The second kappa shape index (κ2) is 21.7. The van der Waals surface area contributed by atoms with E-state index in [-0.39, 0.29) is 42.1 Å². The quantitative estimate of drug-likeness (QED) is 0.115. The van der Waals surface area contributed by atoms with Crippen LogP contribution in [0.15, 0.2) is 97.3 Å². The van der Waals surface area contributed by atoms with Gasteiger partial charge in [-0.25, -0.2) is 24.7 Å². The fraction of sp³-hybridized carbons (Fsp3) is 0.415. The summed E-state index contributed by atoms with van der Waals surface area (Å²) in [4.78, 5) is 45.4. The van der Waals surface area contributed by atoms with Gasteiger partial charge in [0.1, 0.15) is 37.1 Å². The molecule has 0 saturated carbocycles. The molecule has 4 fully saturated rings. The zero-order valence-corrected chi connectivity index (χ0v) is 42.8. The smallest absolute Gasteiger partial charge is 0.416 e. The summed E-state index contributed by atoms with van der Waals surface area (Å²) in [7, 11) is 0. The first-order valence-electron chi connectivity index (χ1n) is 25.2. The van der Waals surface area contributed by atoms with Crippen LogP contribution >= 0.6 is 0 Å². The van der Waals surface area contributed by atoms with Crippen LogP contribution in [0, 0.1) is 0 Å². The van der Waals surface area contributed by atoms with Crippen molar-refractivity contribution in [1.82, 2.24) is 29.9 Å². The van der Waals surface area contributed by atoms with Crippen molar-refractivity contribution in [1.29, 1.82) is 0 Å². The first kappa shape index (κ1) is 53.8. The van der Waals surface area contributed by atoms with Gasteiger partial charge in [0.2, 0.25) is 11.8 Å². The van der Waals surface area contributed by atoms with E-state index in [9.17, 15) is 31.1 Å². The number of rotatable bonds is 9. The van der Waals surface area contributed by atoms with E-state index in [1.54, 1.807) is 59.8 Å². The lowest BCUT2D eigenvalue weighted by Gasteiger charge is -2.35. The number of benzene rings is 2. The Hall–Kier alpha value is -7.61. The normalized spacial score (nSPS) is 21.3. The number of hydrogen-bond acceptors (Lipinski definition) is 17. The molecule has 25 heteroatoms. The predicted octanol–water partition coefficient (Wildman–Crippen LogP) is 9.08. The number of nitrogens with zero attached hydrogens (tertiary/aromatic N) is 9. The molecular weight excluding hydrogens is 1030 g/mol. The molecule has 4 saturated heterocycles. The van der Waals surface area contributed by atoms with Gasteiger partial charge < -0.3 is 49.3 Å². The van der Waals surface area contributed by atoms with Crippen molar-refractivity contribution in [3.63, 3.8) is 0 Å². The van der Waals surface area contributed by atoms with Crippen molar-refractivity contribution < 1.29 is 59.6 Å². The maximum absolute atomic E-state index is 13.6. The molecule has 2 amide bonds. The standard InChI is InChI=1S/C27H27F3N6O4.C15H13F3N4.C11H16N2O3/c1-26(2)39-15-19(40-26)14-38-22-8-4-7-21(32-22)33-25(37)36-18-9-10-35(13-18)20-12-31-23(34-24(20)36)16-5-3-6-17(11-16)27(28,29)30;16-15(17,18)10-3-1-2-9(6-10)13-19-7-12-14(21-13)20-11-4-5-22(12)8-11;1-11(2)15-7-8(16-11)6-14-10-5-3-4-9(12)13-10/h3-8,11-12,18-19H,9-10,13-15H2,1-2H3,(H,32,33,37);1-3,6-7,11H,4-5,8H2,(H,19,20,21);3-5,8H,6-7H2,1-2H3,(H2,12,13)/t18-,19-;11-;8-/m000/s1. The van der Waals surface area contributed by atoms with Crippen molar-refractivity contribution in [3.8, 4) is 34.5 Å². The zero-order chi connectivity index (χ0) is 55.0. The van der Waals surface area contributed by atoms with Crippen LogP contribution in [0.3, 0.4) is 0 Å². The summed E-state index contributed by atoms with van der Waals surface area (Å²) in [5.74, 6) is 1.80. The Bertz CT molecular complexity index is 3130. The Morgan fingerprint density at radius 1 is 0.705 bits per heavy atom. The average molecular weight is 1090 g/mol. The number of hydrogen-bond donors (Lipinski definition) is 3. The van der Waals surface area contributed by atoms with Gasteiger partial charge in [0.05, 0.1) is 54.2 Å². The van der Waals surface area contributed by atoms with Crippen LogP contribution in [0.1, 0.15) is 51.7 Å². The molecule has 10 heterocycles. The lowest BCUT2D eigenvalue weighted by Crippen LogP contribution is -2.48. The summed E-state index contributed by atoms with van der Waals surface area (Å²) < 4.78 is 112. The minimum atomic E-state index is -4.50. The summed E-state index contributed by atoms with van der Waals surface area (Å²) in [5, 5.41) is 6.15. The van der Waals surface area contributed by atoms with E-state index >= 15 is 0 Å². The van der Waals surface area contributed by atoms with Gasteiger partial charge in [-0.15, -0.1) is 0 Å². The highest BCUT2D eigenvalue weighted by Gasteiger charge is 2.42. The lowest BCUT2D eigenvalue weighted by atomic mass is 10.1. The van der Waals surface area contributed by atoms with Gasteiger partial charge in [0.15, 0.2) is 34.9 Å². The number of urea groups is 1. The number of nitrogens with two attached hydrogens (primary N) is 1. The van der Waals surface area contributed by atoms with Crippen LogP contribution in [0.25, 0.3) is 22.8 Å². The first-order valence-corrected chi connectivity index (χ1v) is 25.2. The molecule has 0 unspecified atom stereocenters. The van der Waals surface area contributed by atoms with Gasteiger partial charge in [0, 0.05) is 55.5 Å². The molecule has 4 aromatic heterocycles. The first-order chi connectivity index (χ1) is 37.1. The molecule has 0 aliphatic carbocycles. The molecule has 0 spiro atoms. The molecule has 6 aliphatic heterocycles. The molecule has 412 valence electrons. The molecule has 19 nitrogen and oxygen atoms in total. The number of carbonyl (C=O) groups excluding carboxylic acids is 1. The van der Waals surface area contributed by atoms with Crippen LogP contribution in [0.4, 0.5) is 65.8 Å². The summed E-state index contributed by atoms with van der Waals surface area (Å²) in [5.41, 5.74) is 6.19. The maximum atomic E-state index is 13.6. The molecule has 6 aromatic rings. The molecule has 78 heavy (non-hydrogen) atoms. The number of aromatic nitrogens is 6. The Labute approximate surface area is 444 Å². The Balaban J connectivity index is 0.000000151. The highest BCUT2D eigenvalue weighted by atomic mass is 19.4. The number of fused-ring (bicyclic) bond motifs is 8. The third-order valence-corrected chi connectivity index (χ3v) is 13.3. The minimum absolute atomic E-state index is 0.0572. The highest BCUT2D eigenvalue weighted by Crippen LogP contribution is 2.41. The number of amides is 2. The second-order valence-corrected chi connectivity index (χ2v) is 20.0.